The molecule has 1 atom stereocenters. The number of non-ortho nitro benzene ring substituents is 1. The van der Waals surface area contributed by atoms with Gasteiger partial charge in [0.15, 0.2) is 0 Å². The molecule has 0 saturated heterocycles. The number of nitrogens with two attached hydrogens (primary N) is 1. The Balaban J connectivity index is 2.89. The molecule has 4 nitrogen and oxygen atoms in total. The van der Waals surface area contributed by atoms with Gasteiger partial charge in [-0.3, -0.25) is 10.1 Å². The number of rotatable bonds is 4. The molecule has 2 N–H and O–H groups in total. The SMILES string of the molecule is C=C(C)C[C@@H](N)c1cccc([N+](=O)[O-])c1. The lowest BCUT2D eigenvalue weighted by molar-refractivity contribution is -0.384. The fourth-order valence-corrected chi connectivity index (χ4v) is 1.36. The molecule has 1 aromatic carbocycles. The van der Waals surface area contributed by atoms with Crippen LogP contribution in [-0.2, 0) is 0 Å². The summed E-state index contributed by atoms with van der Waals surface area (Å²) >= 11 is 0. The lowest BCUT2D eigenvalue weighted by Gasteiger charge is -2.11. The van der Waals surface area contributed by atoms with Gasteiger partial charge in [-0.2, -0.15) is 0 Å². The number of nitro groups is 1. The Bertz CT molecular complexity index is 388. The van der Waals surface area contributed by atoms with Crippen LogP contribution < -0.4 is 5.73 Å². The molecule has 15 heavy (non-hydrogen) atoms. The van der Waals surface area contributed by atoms with Gasteiger partial charge >= 0.3 is 0 Å². The van der Waals surface area contributed by atoms with Crippen molar-refractivity contribution in [1.29, 1.82) is 0 Å². The minimum absolute atomic E-state index is 0.0738. The van der Waals surface area contributed by atoms with Gasteiger partial charge in [-0.25, -0.2) is 0 Å². The summed E-state index contributed by atoms with van der Waals surface area (Å²) in [5.74, 6) is 0. The summed E-state index contributed by atoms with van der Waals surface area (Å²) in [4.78, 5) is 10.1. The molecule has 0 spiro atoms. The number of nitrogens with zero attached hydrogens (tertiary/aromatic N) is 1. The maximum Gasteiger partial charge on any atom is 0.269 e. The normalized spacial score (nSPS) is 12.1. The van der Waals surface area contributed by atoms with Gasteiger partial charge in [-0.05, 0) is 18.9 Å². The molecule has 80 valence electrons. The zero-order valence-electron chi connectivity index (χ0n) is 8.64. The second kappa shape index (κ2) is 4.70. The maximum absolute atomic E-state index is 10.5. The molecule has 4 heteroatoms. The van der Waals surface area contributed by atoms with Gasteiger partial charge in [0.05, 0.1) is 4.92 Å². The van der Waals surface area contributed by atoms with E-state index < -0.39 is 4.92 Å². The van der Waals surface area contributed by atoms with Crippen LogP contribution in [0.25, 0.3) is 0 Å². The monoisotopic (exact) mass is 206 g/mol. The van der Waals surface area contributed by atoms with E-state index >= 15 is 0 Å². The molecule has 0 aliphatic heterocycles. The molecule has 1 aromatic rings. The van der Waals surface area contributed by atoms with E-state index in [0.717, 1.165) is 11.1 Å². The summed E-state index contributed by atoms with van der Waals surface area (Å²) in [5.41, 5.74) is 7.69. The predicted octanol–water partition coefficient (Wildman–Crippen LogP) is 2.56. The van der Waals surface area contributed by atoms with Crippen molar-refractivity contribution in [1.82, 2.24) is 0 Å². The lowest BCUT2D eigenvalue weighted by atomic mass is 10.0. The predicted molar refractivity (Wildman–Crippen MR) is 59.5 cm³/mol. The van der Waals surface area contributed by atoms with Crippen LogP contribution in [-0.4, -0.2) is 4.92 Å². The van der Waals surface area contributed by atoms with Crippen LogP contribution in [0.3, 0.4) is 0 Å². The third-order valence-electron chi connectivity index (χ3n) is 2.08. The zero-order valence-corrected chi connectivity index (χ0v) is 8.64. The van der Waals surface area contributed by atoms with Crippen LogP contribution in [0.1, 0.15) is 24.9 Å². The van der Waals surface area contributed by atoms with Gasteiger partial charge in [-0.1, -0.05) is 17.7 Å². The fraction of sp³-hybridized carbons (Fsp3) is 0.273. The van der Waals surface area contributed by atoms with Crippen molar-refractivity contribution in [3.63, 3.8) is 0 Å². The topological polar surface area (TPSA) is 69.2 Å². The van der Waals surface area contributed by atoms with Crippen molar-refractivity contribution >= 4 is 5.69 Å². The number of hydrogen-bond acceptors (Lipinski definition) is 3. The smallest absolute Gasteiger partial charge is 0.269 e. The molecule has 0 aliphatic carbocycles. The minimum Gasteiger partial charge on any atom is -0.324 e. The highest BCUT2D eigenvalue weighted by atomic mass is 16.6. The molecule has 0 bridgehead atoms. The summed E-state index contributed by atoms with van der Waals surface area (Å²) in [6.07, 6.45) is 0.640. The summed E-state index contributed by atoms with van der Waals surface area (Å²) in [5, 5.41) is 10.5. The lowest BCUT2D eigenvalue weighted by Crippen LogP contribution is -2.10. The molecule has 0 fully saturated rings. The molecule has 0 heterocycles. The average molecular weight is 206 g/mol. The Labute approximate surface area is 88.6 Å². The van der Waals surface area contributed by atoms with E-state index in [9.17, 15) is 10.1 Å². The van der Waals surface area contributed by atoms with E-state index in [2.05, 4.69) is 6.58 Å². The van der Waals surface area contributed by atoms with Gasteiger partial charge in [0, 0.05) is 18.2 Å². The van der Waals surface area contributed by atoms with Crippen LogP contribution >= 0.6 is 0 Å². The second-order valence-electron chi connectivity index (χ2n) is 3.62. The number of benzene rings is 1. The van der Waals surface area contributed by atoms with Crippen molar-refractivity contribution in [3.05, 3.63) is 52.1 Å². The first-order valence-corrected chi connectivity index (χ1v) is 4.65. The highest BCUT2D eigenvalue weighted by molar-refractivity contribution is 5.36. The Hall–Kier alpha value is -1.68. The quantitative estimate of drug-likeness (QED) is 0.467. The van der Waals surface area contributed by atoms with Crippen LogP contribution in [0.2, 0.25) is 0 Å². The maximum atomic E-state index is 10.5. The van der Waals surface area contributed by atoms with E-state index in [0.29, 0.717) is 6.42 Å². The van der Waals surface area contributed by atoms with Crippen molar-refractivity contribution in [2.24, 2.45) is 5.73 Å². The standard InChI is InChI=1S/C11H14N2O2/c1-8(2)6-11(12)9-4-3-5-10(7-9)13(14)15/h3-5,7,11H,1,6,12H2,2H3/t11-/m1/s1. The zero-order chi connectivity index (χ0) is 11.4. The third kappa shape index (κ3) is 3.18. The van der Waals surface area contributed by atoms with Crippen LogP contribution in [0.15, 0.2) is 36.4 Å². The van der Waals surface area contributed by atoms with Crippen LogP contribution in [0.5, 0.6) is 0 Å². The molecule has 1 rings (SSSR count). The minimum atomic E-state index is -0.420. The summed E-state index contributed by atoms with van der Waals surface area (Å²) < 4.78 is 0. The van der Waals surface area contributed by atoms with Gasteiger partial charge in [-0.15, -0.1) is 6.58 Å². The highest BCUT2D eigenvalue weighted by Crippen LogP contribution is 2.21. The Morgan fingerprint density at radius 2 is 2.33 bits per heavy atom. The van der Waals surface area contributed by atoms with Crippen LogP contribution in [0.4, 0.5) is 5.69 Å². The first-order valence-electron chi connectivity index (χ1n) is 4.65. The van der Waals surface area contributed by atoms with Gasteiger partial charge < -0.3 is 5.73 Å². The highest BCUT2D eigenvalue weighted by Gasteiger charge is 2.10. The van der Waals surface area contributed by atoms with E-state index in [1.54, 1.807) is 12.1 Å². The summed E-state index contributed by atoms with van der Waals surface area (Å²) in [6, 6.07) is 6.18. The van der Waals surface area contributed by atoms with E-state index in [1.807, 2.05) is 6.92 Å². The van der Waals surface area contributed by atoms with Crippen molar-refractivity contribution in [3.8, 4) is 0 Å². The Morgan fingerprint density at radius 3 is 2.87 bits per heavy atom. The summed E-state index contributed by atoms with van der Waals surface area (Å²) in [6.45, 7) is 5.65. The molecule has 0 radical (unpaired) electrons. The van der Waals surface area contributed by atoms with Crippen molar-refractivity contribution in [2.75, 3.05) is 0 Å². The Kier molecular flexibility index (Phi) is 3.57. The van der Waals surface area contributed by atoms with E-state index in [1.165, 1.54) is 12.1 Å². The third-order valence-corrected chi connectivity index (χ3v) is 2.08. The molecule has 0 unspecified atom stereocenters. The molecule has 0 amide bonds. The first kappa shape index (κ1) is 11.4. The average Bonchev–Trinajstić information content (AvgIpc) is 2.17. The number of nitro benzene ring substituents is 1. The summed E-state index contributed by atoms with van der Waals surface area (Å²) in [7, 11) is 0. The molecular weight excluding hydrogens is 192 g/mol. The Morgan fingerprint density at radius 1 is 1.67 bits per heavy atom. The van der Waals surface area contributed by atoms with Gasteiger partial charge in [0.1, 0.15) is 0 Å². The van der Waals surface area contributed by atoms with E-state index in [-0.39, 0.29) is 11.7 Å². The fourth-order valence-electron chi connectivity index (χ4n) is 1.36. The van der Waals surface area contributed by atoms with E-state index in [4.69, 9.17) is 5.73 Å². The molecule has 0 aliphatic rings. The molecular formula is C11H14N2O2. The molecule has 0 saturated carbocycles. The van der Waals surface area contributed by atoms with Gasteiger partial charge in [0.2, 0.25) is 0 Å². The van der Waals surface area contributed by atoms with Crippen LogP contribution in [0, 0.1) is 10.1 Å². The van der Waals surface area contributed by atoms with Gasteiger partial charge in [0.25, 0.3) is 5.69 Å². The number of hydrogen-bond donors (Lipinski definition) is 1. The van der Waals surface area contributed by atoms with Crippen molar-refractivity contribution < 1.29 is 4.92 Å². The second-order valence-corrected chi connectivity index (χ2v) is 3.62. The first-order chi connectivity index (χ1) is 7.00. The largest absolute Gasteiger partial charge is 0.324 e. The van der Waals surface area contributed by atoms with Crippen molar-refractivity contribution in [2.45, 2.75) is 19.4 Å². The molecule has 0 aromatic heterocycles.